The molecule has 7 nitrogen and oxygen atoms in total. The second kappa shape index (κ2) is 15.2. The average molecular weight is 635 g/mol. The highest BCUT2D eigenvalue weighted by Gasteiger charge is 2.44. The fraction of sp³-hybridized carbons (Fsp3) is 0.500. The quantitative estimate of drug-likeness (QED) is 0.244. The van der Waals surface area contributed by atoms with Crippen LogP contribution in [-0.4, -0.2) is 58.9 Å². The molecule has 216 valence electrons. The lowest BCUT2D eigenvalue weighted by atomic mass is 9.97. The van der Waals surface area contributed by atoms with Gasteiger partial charge in [0.05, 0.1) is 25.4 Å². The number of likely N-dealkylation sites (N-methyl/N-ethyl adjacent to an activating group) is 2. The predicted molar refractivity (Wildman–Crippen MR) is 137 cm³/mol. The molecule has 0 aliphatic carbocycles. The summed E-state index contributed by atoms with van der Waals surface area (Å²) in [7, 11) is -2.15. The van der Waals surface area contributed by atoms with Crippen LogP contribution in [0.1, 0.15) is 41.9 Å². The summed E-state index contributed by atoms with van der Waals surface area (Å²) in [6.45, 7) is 2.64. The maximum absolute atomic E-state index is 13.7. The number of fused-ring (bicyclic) bond motifs is 2. The predicted octanol–water partition coefficient (Wildman–Crippen LogP) is 5.11. The van der Waals surface area contributed by atoms with Gasteiger partial charge in [-0.1, -0.05) is 35.5 Å². The van der Waals surface area contributed by atoms with Crippen LogP contribution in [0.25, 0.3) is 0 Å². The number of benzene rings is 2. The SMILES string of the molecule is C.CNCC1OCCc2c(Br)ccc(F)c21.CNC[C@@H]1OCCc2cccc(F)c21.O=S(=O)(O)C(F)(F)F. The smallest absolute Gasteiger partial charge is 0.372 e. The molecule has 1 unspecified atom stereocenters. The van der Waals surface area contributed by atoms with Crippen molar-refractivity contribution in [2.75, 3.05) is 40.4 Å². The van der Waals surface area contributed by atoms with Crippen LogP contribution >= 0.6 is 15.9 Å². The minimum atomic E-state index is -5.84. The first-order valence-corrected chi connectivity index (χ1v) is 13.3. The molecule has 38 heavy (non-hydrogen) atoms. The average Bonchev–Trinajstić information content (AvgIpc) is 2.82. The second-order valence-corrected chi connectivity index (χ2v) is 10.3. The van der Waals surface area contributed by atoms with Crippen molar-refractivity contribution in [2.24, 2.45) is 0 Å². The van der Waals surface area contributed by atoms with Crippen molar-refractivity contribution in [3.05, 3.63) is 68.7 Å². The lowest BCUT2D eigenvalue weighted by Gasteiger charge is -2.27. The Bertz CT molecular complexity index is 1150. The van der Waals surface area contributed by atoms with E-state index in [0.29, 0.717) is 31.9 Å². The van der Waals surface area contributed by atoms with Crippen molar-refractivity contribution in [1.82, 2.24) is 10.6 Å². The molecule has 0 amide bonds. The Morgan fingerprint density at radius 2 is 1.45 bits per heavy atom. The van der Waals surface area contributed by atoms with Crippen molar-refractivity contribution in [1.29, 1.82) is 0 Å². The Hall–Kier alpha value is -1.68. The Balaban J connectivity index is 0.000000295. The zero-order valence-corrected chi connectivity index (χ0v) is 22.4. The van der Waals surface area contributed by atoms with Crippen LogP contribution < -0.4 is 10.6 Å². The van der Waals surface area contributed by atoms with E-state index >= 15 is 0 Å². The number of alkyl halides is 3. The highest BCUT2D eigenvalue weighted by Crippen LogP contribution is 2.33. The zero-order chi connectivity index (χ0) is 27.8. The van der Waals surface area contributed by atoms with Gasteiger partial charge in [-0.2, -0.15) is 21.6 Å². The van der Waals surface area contributed by atoms with Gasteiger partial charge in [0, 0.05) is 28.7 Å². The lowest BCUT2D eigenvalue weighted by molar-refractivity contribution is -0.0510. The lowest BCUT2D eigenvalue weighted by Crippen LogP contribution is -2.26. The monoisotopic (exact) mass is 634 g/mol. The summed E-state index contributed by atoms with van der Waals surface area (Å²) in [6, 6.07) is 8.48. The fourth-order valence-electron chi connectivity index (χ4n) is 3.85. The van der Waals surface area contributed by atoms with E-state index in [-0.39, 0.29) is 31.3 Å². The number of hydrogen-bond donors (Lipinski definition) is 3. The Kier molecular flexibility index (Phi) is 13.7. The standard InChI is InChI=1S/C11H13BrFNO.C11H14FNO.CHF3O3S.CH4/c1-14-6-10-11-7(4-5-15-10)8(12)2-3-9(11)13;1-13-7-10-11-8(5-6-14-10)3-2-4-9(11)12;2-1(3,4)8(5,6)7;/h2-3,10,14H,4-6H2,1H3;2-4,10,13H,5-7H2,1H3;(H,5,6,7);1H4/t;10-;;/m.0../s1. The molecule has 0 aromatic heterocycles. The maximum atomic E-state index is 13.7. The Morgan fingerprint density at radius 1 is 0.947 bits per heavy atom. The first-order valence-electron chi connectivity index (χ1n) is 11.1. The Morgan fingerprint density at radius 3 is 1.97 bits per heavy atom. The van der Waals surface area contributed by atoms with Gasteiger partial charge in [-0.3, -0.25) is 4.55 Å². The number of halogens is 6. The van der Waals surface area contributed by atoms with Gasteiger partial charge in [0.1, 0.15) is 11.6 Å². The van der Waals surface area contributed by atoms with E-state index in [1.165, 1.54) is 12.1 Å². The van der Waals surface area contributed by atoms with Gasteiger partial charge in [-0.05, 0) is 56.3 Å². The van der Waals surface area contributed by atoms with Crippen molar-refractivity contribution in [3.8, 4) is 0 Å². The van der Waals surface area contributed by atoms with Crippen molar-refractivity contribution in [2.45, 2.75) is 38.0 Å². The largest absolute Gasteiger partial charge is 0.522 e. The summed E-state index contributed by atoms with van der Waals surface area (Å²) >= 11 is 3.45. The first kappa shape index (κ1) is 34.3. The van der Waals surface area contributed by atoms with E-state index in [1.54, 1.807) is 12.1 Å². The molecule has 0 saturated heterocycles. The van der Waals surface area contributed by atoms with Crippen molar-refractivity contribution >= 4 is 26.0 Å². The summed E-state index contributed by atoms with van der Waals surface area (Å²) < 4.78 is 96.8. The molecule has 2 heterocycles. The van der Waals surface area contributed by atoms with Gasteiger partial charge < -0.3 is 20.1 Å². The van der Waals surface area contributed by atoms with Crippen LogP contribution in [0.5, 0.6) is 0 Å². The van der Waals surface area contributed by atoms with E-state index in [1.807, 2.05) is 20.2 Å². The highest BCUT2D eigenvalue weighted by molar-refractivity contribution is 9.10. The van der Waals surface area contributed by atoms with E-state index in [9.17, 15) is 22.0 Å². The fourth-order valence-corrected chi connectivity index (χ4v) is 4.39. The first-order chi connectivity index (χ1) is 17.3. The normalized spacial score (nSPS) is 18.4. The zero-order valence-electron chi connectivity index (χ0n) is 20.0. The molecular formula is C24H32BrF5N2O5S. The van der Waals surface area contributed by atoms with Gasteiger partial charge in [0.25, 0.3) is 0 Å². The molecule has 2 aromatic carbocycles. The number of ether oxygens (including phenoxy) is 2. The minimum Gasteiger partial charge on any atom is -0.372 e. The van der Waals surface area contributed by atoms with Crippen LogP contribution in [0.15, 0.2) is 34.8 Å². The van der Waals surface area contributed by atoms with E-state index in [2.05, 4.69) is 26.6 Å². The molecule has 0 fully saturated rings. The topological polar surface area (TPSA) is 96.9 Å². The van der Waals surface area contributed by atoms with Crippen LogP contribution in [0.4, 0.5) is 22.0 Å². The summed E-state index contributed by atoms with van der Waals surface area (Å²) in [5.74, 6) is -0.324. The molecule has 2 atom stereocenters. The van der Waals surface area contributed by atoms with Crippen LogP contribution in [0.3, 0.4) is 0 Å². The summed E-state index contributed by atoms with van der Waals surface area (Å²) in [6.07, 6.45) is 1.28. The van der Waals surface area contributed by atoms with Gasteiger partial charge in [-0.25, -0.2) is 8.78 Å². The molecule has 14 heteroatoms. The number of nitrogens with one attached hydrogen (secondary N) is 2. The number of hydrogen-bond acceptors (Lipinski definition) is 6. The molecule has 0 saturated carbocycles. The van der Waals surface area contributed by atoms with E-state index in [0.717, 1.165) is 34.0 Å². The molecule has 0 radical (unpaired) electrons. The second-order valence-electron chi connectivity index (χ2n) is 7.99. The van der Waals surface area contributed by atoms with Crippen molar-refractivity contribution < 1.29 is 44.4 Å². The molecule has 3 N–H and O–H groups in total. The number of rotatable bonds is 4. The third-order valence-electron chi connectivity index (χ3n) is 5.47. The van der Waals surface area contributed by atoms with Crippen LogP contribution in [0.2, 0.25) is 0 Å². The van der Waals surface area contributed by atoms with E-state index in [4.69, 9.17) is 22.4 Å². The van der Waals surface area contributed by atoms with Gasteiger partial charge in [0.15, 0.2) is 0 Å². The summed E-state index contributed by atoms with van der Waals surface area (Å²) in [5, 5.41) is 6.03. The molecular weight excluding hydrogens is 603 g/mol. The molecule has 2 aliphatic rings. The molecule has 0 bridgehead atoms. The molecule has 2 aliphatic heterocycles. The highest BCUT2D eigenvalue weighted by atomic mass is 79.9. The third kappa shape index (κ3) is 9.21. The van der Waals surface area contributed by atoms with Gasteiger partial charge in [-0.15, -0.1) is 0 Å². The third-order valence-corrected chi connectivity index (χ3v) is 6.79. The molecule has 4 rings (SSSR count). The minimum absolute atomic E-state index is 0. The summed E-state index contributed by atoms with van der Waals surface area (Å²) in [5.41, 5.74) is -1.98. The summed E-state index contributed by atoms with van der Waals surface area (Å²) in [4.78, 5) is 0. The van der Waals surface area contributed by atoms with Crippen molar-refractivity contribution in [3.63, 3.8) is 0 Å². The van der Waals surface area contributed by atoms with E-state index < -0.39 is 15.6 Å². The van der Waals surface area contributed by atoms with Gasteiger partial charge in [0.2, 0.25) is 0 Å². The molecule has 0 spiro atoms. The molecule has 2 aromatic rings. The van der Waals surface area contributed by atoms with Gasteiger partial charge >= 0.3 is 15.6 Å². The van der Waals surface area contributed by atoms with Crippen LogP contribution in [0, 0.1) is 11.6 Å². The maximum Gasteiger partial charge on any atom is 0.522 e. The van der Waals surface area contributed by atoms with Crippen LogP contribution in [-0.2, 0) is 32.4 Å². The Labute approximate surface area is 228 Å².